The van der Waals surface area contributed by atoms with Crippen molar-refractivity contribution in [1.82, 2.24) is 9.80 Å². The van der Waals surface area contributed by atoms with Gasteiger partial charge in [0.1, 0.15) is 6.54 Å². The first-order valence-electron chi connectivity index (χ1n) is 12.8. The average Bonchev–Trinajstić information content (AvgIpc) is 2.86. The Morgan fingerprint density at radius 1 is 1.09 bits per heavy atom. The number of piperidine rings is 1. The molecule has 0 N–H and O–H groups in total. The number of fused-ring (bicyclic) bond motifs is 1. The molecule has 0 aromatic heterocycles. The van der Waals surface area contributed by atoms with Crippen molar-refractivity contribution in [2.75, 3.05) is 26.2 Å². The minimum absolute atomic E-state index is 0.00567. The molecule has 9 nitrogen and oxygen atoms in total. The lowest BCUT2D eigenvalue weighted by molar-refractivity contribution is -0.384. The maximum absolute atomic E-state index is 12.9. The molecule has 1 saturated carbocycles. The number of benzene rings is 1. The van der Waals surface area contributed by atoms with Crippen LogP contribution in [0, 0.1) is 16.0 Å². The Bertz CT molecular complexity index is 886. The molecule has 1 aromatic rings. The summed E-state index contributed by atoms with van der Waals surface area (Å²) in [6.45, 7) is 2.90. The predicted molar refractivity (Wildman–Crippen MR) is 131 cm³/mol. The van der Waals surface area contributed by atoms with Crippen molar-refractivity contribution in [2.45, 2.75) is 77.2 Å². The minimum Gasteiger partial charge on any atom is -0.465 e. The van der Waals surface area contributed by atoms with Crippen molar-refractivity contribution in [3.8, 4) is 0 Å². The summed E-state index contributed by atoms with van der Waals surface area (Å²) in [6, 6.07) is 6.52. The van der Waals surface area contributed by atoms with Crippen molar-refractivity contribution in [3.05, 3.63) is 39.9 Å². The van der Waals surface area contributed by atoms with Gasteiger partial charge < -0.3 is 14.5 Å². The molecule has 35 heavy (non-hydrogen) atoms. The van der Waals surface area contributed by atoms with E-state index < -0.39 is 10.9 Å². The van der Waals surface area contributed by atoms with Gasteiger partial charge in [-0.05, 0) is 56.9 Å². The van der Waals surface area contributed by atoms with Gasteiger partial charge in [0.2, 0.25) is 11.8 Å². The standard InChI is InChI=1S/C26H37N3O6/c1-2-35-26(32)19-27(18-16-20-12-14-22(15-13-20)29(33)34)24(30)10-5-11-25(31)28-17-6-8-21-7-3-4-9-23(21)28/h12-15,21,23H,2-11,16-19H2,1H3. The van der Waals surface area contributed by atoms with Crippen LogP contribution in [0.15, 0.2) is 24.3 Å². The van der Waals surface area contributed by atoms with Gasteiger partial charge in [0.15, 0.2) is 0 Å². The third-order valence-corrected chi connectivity index (χ3v) is 7.14. The molecule has 3 rings (SSSR count). The Kier molecular flexibility index (Phi) is 10.0. The van der Waals surface area contributed by atoms with Gasteiger partial charge in [-0.25, -0.2) is 0 Å². The van der Waals surface area contributed by atoms with Crippen LogP contribution in [0.5, 0.6) is 0 Å². The minimum atomic E-state index is -0.475. The van der Waals surface area contributed by atoms with Crippen LogP contribution in [0.3, 0.4) is 0 Å². The SMILES string of the molecule is CCOC(=O)CN(CCc1ccc([N+](=O)[O-])cc1)C(=O)CCCC(=O)N1CCCC2CCCCC21. The van der Waals surface area contributed by atoms with Gasteiger partial charge in [-0.2, -0.15) is 0 Å². The van der Waals surface area contributed by atoms with Gasteiger partial charge in [0, 0.05) is 44.1 Å². The van der Waals surface area contributed by atoms with Gasteiger partial charge >= 0.3 is 5.97 Å². The van der Waals surface area contributed by atoms with Crippen molar-refractivity contribution in [2.24, 2.45) is 5.92 Å². The molecule has 2 atom stereocenters. The van der Waals surface area contributed by atoms with Crippen LogP contribution < -0.4 is 0 Å². The predicted octanol–water partition coefficient (Wildman–Crippen LogP) is 3.88. The van der Waals surface area contributed by atoms with Crippen LogP contribution in [0.4, 0.5) is 5.69 Å². The van der Waals surface area contributed by atoms with E-state index in [0.29, 0.717) is 37.8 Å². The second kappa shape index (κ2) is 13.2. The zero-order chi connectivity index (χ0) is 25.2. The summed E-state index contributed by atoms with van der Waals surface area (Å²) < 4.78 is 5.02. The number of likely N-dealkylation sites (tertiary alicyclic amines) is 1. The third kappa shape index (κ3) is 7.77. The molecule has 1 heterocycles. The highest BCUT2D eigenvalue weighted by atomic mass is 16.6. The molecule has 1 aliphatic heterocycles. The first kappa shape index (κ1) is 26.6. The fraction of sp³-hybridized carbons (Fsp3) is 0.654. The number of nitro groups is 1. The largest absolute Gasteiger partial charge is 0.465 e. The summed E-state index contributed by atoms with van der Waals surface area (Å²) in [5.41, 5.74) is 0.839. The molecule has 192 valence electrons. The number of carbonyl (C=O) groups is 3. The average molecular weight is 488 g/mol. The molecule has 1 saturated heterocycles. The number of non-ortho nitro benzene ring substituents is 1. The molecule has 1 aromatic carbocycles. The number of rotatable bonds is 11. The maximum atomic E-state index is 12.9. The number of ether oxygens (including phenoxy) is 1. The van der Waals surface area contributed by atoms with Gasteiger partial charge in [-0.15, -0.1) is 0 Å². The Morgan fingerprint density at radius 2 is 1.80 bits per heavy atom. The Morgan fingerprint density at radius 3 is 2.51 bits per heavy atom. The summed E-state index contributed by atoms with van der Waals surface area (Å²) in [5, 5.41) is 10.8. The normalized spacial score (nSPS) is 19.5. The molecule has 0 radical (unpaired) electrons. The van der Waals surface area contributed by atoms with Crippen molar-refractivity contribution < 1.29 is 24.0 Å². The zero-order valence-corrected chi connectivity index (χ0v) is 20.7. The number of amides is 2. The monoisotopic (exact) mass is 487 g/mol. The van der Waals surface area contributed by atoms with Crippen molar-refractivity contribution in [3.63, 3.8) is 0 Å². The summed E-state index contributed by atoms with van der Waals surface area (Å²) in [6.07, 6.45) is 8.44. The van der Waals surface area contributed by atoms with E-state index in [4.69, 9.17) is 4.74 Å². The molecular weight excluding hydrogens is 450 g/mol. The Hall–Kier alpha value is -2.97. The summed E-state index contributed by atoms with van der Waals surface area (Å²) in [5.74, 6) is 0.0963. The zero-order valence-electron chi connectivity index (χ0n) is 20.7. The lowest BCUT2D eigenvalue weighted by atomic mass is 9.78. The molecular formula is C26H37N3O6. The molecule has 2 amide bonds. The summed E-state index contributed by atoms with van der Waals surface area (Å²) in [7, 11) is 0. The van der Waals surface area contributed by atoms with Gasteiger partial charge in [-0.1, -0.05) is 25.0 Å². The lowest BCUT2D eigenvalue weighted by Crippen LogP contribution is -2.49. The third-order valence-electron chi connectivity index (χ3n) is 7.14. The molecule has 0 spiro atoms. The van der Waals surface area contributed by atoms with Crippen LogP contribution in [0.2, 0.25) is 0 Å². The number of nitrogens with zero attached hydrogens (tertiary/aromatic N) is 3. The lowest BCUT2D eigenvalue weighted by Gasteiger charge is -2.44. The summed E-state index contributed by atoms with van der Waals surface area (Å²) in [4.78, 5) is 51.8. The van der Waals surface area contributed by atoms with Crippen molar-refractivity contribution >= 4 is 23.5 Å². The fourth-order valence-corrected chi connectivity index (χ4v) is 5.33. The van der Waals surface area contributed by atoms with Crippen LogP contribution in [0.1, 0.15) is 70.3 Å². The molecule has 9 heteroatoms. The van der Waals surface area contributed by atoms with E-state index in [1.165, 1.54) is 42.7 Å². The van der Waals surface area contributed by atoms with Crippen LogP contribution >= 0.6 is 0 Å². The number of carbonyl (C=O) groups excluding carboxylic acids is 3. The second-order valence-corrected chi connectivity index (χ2v) is 9.49. The number of esters is 1. The highest BCUT2D eigenvalue weighted by molar-refractivity contribution is 5.83. The molecule has 2 fully saturated rings. The van der Waals surface area contributed by atoms with E-state index in [1.807, 2.05) is 0 Å². The van der Waals surface area contributed by atoms with E-state index in [2.05, 4.69) is 4.90 Å². The van der Waals surface area contributed by atoms with Crippen LogP contribution in [-0.2, 0) is 25.5 Å². The number of hydrogen-bond acceptors (Lipinski definition) is 6. The fourth-order valence-electron chi connectivity index (χ4n) is 5.33. The number of nitro benzene ring substituents is 1. The first-order valence-corrected chi connectivity index (χ1v) is 12.8. The maximum Gasteiger partial charge on any atom is 0.325 e. The number of hydrogen-bond donors (Lipinski definition) is 0. The molecule has 0 bridgehead atoms. The molecule has 1 aliphatic carbocycles. The quantitative estimate of drug-likeness (QED) is 0.266. The highest BCUT2D eigenvalue weighted by Crippen LogP contribution is 2.35. The van der Waals surface area contributed by atoms with Gasteiger partial charge in [-0.3, -0.25) is 24.5 Å². The van der Waals surface area contributed by atoms with Gasteiger partial charge in [0.05, 0.1) is 11.5 Å². The van der Waals surface area contributed by atoms with E-state index >= 15 is 0 Å². The van der Waals surface area contributed by atoms with Crippen molar-refractivity contribution in [1.29, 1.82) is 0 Å². The second-order valence-electron chi connectivity index (χ2n) is 9.49. The molecule has 2 aliphatic rings. The van der Waals surface area contributed by atoms with Crippen LogP contribution in [-0.4, -0.2) is 64.8 Å². The smallest absolute Gasteiger partial charge is 0.325 e. The summed E-state index contributed by atoms with van der Waals surface area (Å²) >= 11 is 0. The van der Waals surface area contributed by atoms with Gasteiger partial charge in [0.25, 0.3) is 5.69 Å². The van der Waals surface area contributed by atoms with E-state index in [-0.39, 0.29) is 37.1 Å². The first-order chi connectivity index (χ1) is 16.9. The van der Waals surface area contributed by atoms with E-state index in [9.17, 15) is 24.5 Å². The molecule has 2 unspecified atom stereocenters. The highest BCUT2D eigenvalue weighted by Gasteiger charge is 2.35. The Labute approximate surface area is 206 Å². The van der Waals surface area contributed by atoms with Crippen LogP contribution in [0.25, 0.3) is 0 Å². The van der Waals surface area contributed by atoms with E-state index in [0.717, 1.165) is 24.9 Å². The topological polar surface area (TPSA) is 110 Å². The van der Waals surface area contributed by atoms with E-state index in [1.54, 1.807) is 19.1 Å². The Balaban J connectivity index is 1.52.